The molecule has 0 saturated carbocycles. The number of hydrogen-bond acceptors (Lipinski definition) is 4. The molecule has 0 atom stereocenters. The summed E-state index contributed by atoms with van der Waals surface area (Å²) in [6.45, 7) is 1.95. The number of carbonyl (C=O) groups excluding carboxylic acids is 1. The van der Waals surface area contributed by atoms with Crippen molar-refractivity contribution in [2.45, 2.75) is 6.92 Å². The van der Waals surface area contributed by atoms with Gasteiger partial charge in [0.2, 0.25) is 5.43 Å². The third-order valence-electron chi connectivity index (χ3n) is 4.46. The van der Waals surface area contributed by atoms with Crippen LogP contribution in [0.4, 0.5) is 5.13 Å². The average molecular weight is 410 g/mol. The normalized spacial score (nSPS) is 11.0. The largest absolute Gasteiger partial charge is 0.348 e. The minimum absolute atomic E-state index is 0.0476. The van der Waals surface area contributed by atoms with Crippen LogP contribution in [0.3, 0.4) is 0 Å². The van der Waals surface area contributed by atoms with Crippen LogP contribution >= 0.6 is 22.9 Å². The van der Waals surface area contributed by atoms with Crippen LogP contribution in [0.25, 0.3) is 22.2 Å². The number of rotatable bonds is 3. The van der Waals surface area contributed by atoms with Gasteiger partial charge < -0.3 is 4.57 Å². The van der Waals surface area contributed by atoms with Crippen molar-refractivity contribution in [3.8, 4) is 11.3 Å². The van der Waals surface area contributed by atoms with E-state index in [4.69, 9.17) is 11.6 Å². The topological polar surface area (TPSA) is 64.0 Å². The summed E-state index contributed by atoms with van der Waals surface area (Å²) in [4.78, 5) is 31.1. The first-order chi connectivity index (χ1) is 13.5. The number of pyridine rings is 1. The number of hydrogen-bond donors (Lipinski definition) is 1. The van der Waals surface area contributed by atoms with Crippen LogP contribution in [-0.2, 0) is 7.05 Å². The molecule has 2 aromatic carbocycles. The smallest absolute Gasteiger partial charge is 0.262 e. The van der Waals surface area contributed by atoms with Crippen molar-refractivity contribution in [1.29, 1.82) is 0 Å². The number of thiazole rings is 1. The number of halogens is 1. The van der Waals surface area contributed by atoms with Crippen LogP contribution in [0.5, 0.6) is 0 Å². The van der Waals surface area contributed by atoms with Crippen molar-refractivity contribution < 1.29 is 4.79 Å². The fraction of sp³-hybridized carbons (Fsp3) is 0.0952. The van der Waals surface area contributed by atoms with Gasteiger partial charge in [0.05, 0.1) is 16.2 Å². The first-order valence-corrected chi connectivity index (χ1v) is 9.77. The molecule has 7 heteroatoms. The van der Waals surface area contributed by atoms with Crippen LogP contribution in [0.15, 0.2) is 59.5 Å². The highest BCUT2D eigenvalue weighted by atomic mass is 35.5. The van der Waals surface area contributed by atoms with Crippen molar-refractivity contribution in [3.05, 3.63) is 80.4 Å². The van der Waals surface area contributed by atoms with Gasteiger partial charge in [-0.25, -0.2) is 4.98 Å². The summed E-state index contributed by atoms with van der Waals surface area (Å²) < 4.78 is 1.69. The van der Waals surface area contributed by atoms with Gasteiger partial charge in [0.1, 0.15) is 5.56 Å². The van der Waals surface area contributed by atoms with Crippen LogP contribution in [0.1, 0.15) is 15.2 Å². The maximum atomic E-state index is 12.8. The van der Waals surface area contributed by atoms with Crippen molar-refractivity contribution in [1.82, 2.24) is 9.55 Å². The lowest BCUT2D eigenvalue weighted by molar-refractivity contribution is 0.102. The summed E-state index contributed by atoms with van der Waals surface area (Å²) in [5.74, 6) is -0.490. The van der Waals surface area contributed by atoms with Crippen molar-refractivity contribution >= 4 is 44.9 Å². The lowest BCUT2D eigenvalue weighted by Gasteiger charge is -2.10. The van der Waals surface area contributed by atoms with Gasteiger partial charge in [-0.05, 0) is 19.1 Å². The Balaban J connectivity index is 1.70. The Kier molecular flexibility index (Phi) is 4.75. The van der Waals surface area contributed by atoms with Crippen molar-refractivity contribution in [2.24, 2.45) is 7.05 Å². The Labute approximate surface area is 170 Å². The number of aryl methyl sites for hydroxylation is 2. The number of carbonyl (C=O) groups is 1. The van der Waals surface area contributed by atoms with Gasteiger partial charge in [0, 0.05) is 29.1 Å². The van der Waals surface area contributed by atoms with E-state index in [9.17, 15) is 9.59 Å². The molecule has 28 heavy (non-hydrogen) atoms. The molecule has 140 valence electrons. The quantitative estimate of drug-likeness (QED) is 0.524. The van der Waals surface area contributed by atoms with E-state index in [-0.39, 0.29) is 11.0 Å². The van der Waals surface area contributed by atoms with Gasteiger partial charge in [0.25, 0.3) is 5.91 Å². The second kappa shape index (κ2) is 7.22. The minimum atomic E-state index is -0.490. The third kappa shape index (κ3) is 3.21. The SMILES string of the molecule is Cc1sc(NC(=O)c2cn(C)c3c(Cl)cccc3c2=O)nc1-c1ccccc1. The monoisotopic (exact) mass is 409 g/mol. The van der Waals surface area contributed by atoms with E-state index in [1.165, 1.54) is 17.5 Å². The average Bonchev–Trinajstić information content (AvgIpc) is 3.05. The molecule has 0 aliphatic heterocycles. The second-order valence-electron chi connectivity index (χ2n) is 6.36. The van der Waals surface area contributed by atoms with E-state index in [2.05, 4.69) is 10.3 Å². The van der Waals surface area contributed by atoms with Gasteiger partial charge in [-0.15, -0.1) is 11.3 Å². The molecular weight excluding hydrogens is 394 g/mol. The Bertz CT molecular complexity index is 1260. The molecule has 4 aromatic rings. The molecule has 0 radical (unpaired) electrons. The number of para-hydroxylation sites is 1. The highest BCUT2D eigenvalue weighted by molar-refractivity contribution is 7.16. The molecule has 4 rings (SSSR count). The summed E-state index contributed by atoms with van der Waals surface area (Å²) in [6.07, 6.45) is 1.50. The Morgan fingerprint density at radius 3 is 2.64 bits per heavy atom. The van der Waals surface area contributed by atoms with Crippen LogP contribution in [0.2, 0.25) is 5.02 Å². The minimum Gasteiger partial charge on any atom is -0.348 e. The first-order valence-electron chi connectivity index (χ1n) is 8.58. The number of benzene rings is 2. The standard InChI is InChI=1S/C21H16ClN3O2S/c1-12-17(13-7-4-3-5-8-13)23-21(28-12)24-20(27)15-11-25(2)18-14(19(15)26)9-6-10-16(18)22/h3-11H,1-2H3,(H,23,24,27). The van der Waals surface area contributed by atoms with Gasteiger partial charge >= 0.3 is 0 Å². The summed E-state index contributed by atoms with van der Waals surface area (Å²) >= 11 is 7.58. The second-order valence-corrected chi connectivity index (χ2v) is 7.97. The highest BCUT2D eigenvalue weighted by Gasteiger charge is 2.18. The van der Waals surface area contributed by atoms with Crippen LogP contribution in [0, 0.1) is 6.92 Å². The predicted molar refractivity (Wildman–Crippen MR) is 114 cm³/mol. The number of fused-ring (bicyclic) bond motifs is 1. The zero-order chi connectivity index (χ0) is 19.8. The predicted octanol–water partition coefficient (Wildman–Crippen LogP) is 4.88. The number of nitrogens with zero attached hydrogens (tertiary/aromatic N) is 2. The fourth-order valence-electron chi connectivity index (χ4n) is 3.16. The number of aromatic nitrogens is 2. The molecule has 0 saturated heterocycles. The van der Waals surface area contributed by atoms with Gasteiger partial charge in [-0.1, -0.05) is 48.0 Å². The van der Waals surface area contributed by atoms with Gasteiger partial charge in [-0.3, -0.25) is 14.9 Å². The van der Waals surface area contributed by atoms with E-state index in [0.29, 0.717) is 21.1 Å². The van der Waals surface area contributed by atoms with Crippen molar-refractivity contribution in [2.75, 3.05) is 5.32 Å². The molecular formula is C21H16ClN3O2S. The molecule has 0 bridgehead atoms. The first kappa shape index (κ1) is 18.4. The fourth-order valence-corrected chi connectivity index (χ4v) is 4.30. The molecule has 0 unspecified atom stereocenters. The Morgan fingerprint density at radius 2 is 1.89 bits per heavy atom. The molecule has 1 amide bonds. The van der Waals surface area contributed by atoms with Crippen LogP contribution in [-0.4, -0.2) is 15.5 Å². The van der Waals surface area contributed by atoms with E-state index in [1.54, 1.807) is 29.8 Å². The number of amides is 1. The lowest BCUT2D eigenvalue weighted by atomic mass is 10.1. The lowest BCUT2D eigenvalue weighted by Crippen LogP contribution is -2.23. The molecule has 5 nitrogen and oxygen atoms in total. The Hall–Kier alpha value is -2.96. The maximum absolute atomic E-state index is 12.8. The van der Waals surface area contributed by atoms with Crippen LogP contribution < -0.4 is 10.7 Å². The molecule has 0 aliphatic carbocycles. The third-order valence-corrected chi connectivity index (χ3v) is 5.65. The zero-order valence-electron chi connectivity index (χ0n) is 15.2. The molecule has 0 fully saturated rings. The zero-order valence-corrected chi connectivity index (χ0v) is 16.8. The van der Waals surface area contributed by atoms with E-state index in [1.807, 2.05) is 37.3 Å². The number of nitrogens with one attached hydrogen (secondary N) is 1. The molecule has 1 N–H and O–H groups in total. The van der Waals surface area contributed by atoms with Gasteiger partial charge in [-0.2, -0.15) is 0 Å². The van der Waals surface area contributed by atoms with E-state index >= 15 is 0 Å². The Morgan fingerprint density at radius 1 is 1.14 bits per heavy atom. The molecule has 0 aliphatic rings. The number of anilines is 1. The highest BCUT2D eigenvalue weighted by Crippen LogP contribution is 2.30. The van der Waals surface area contributed by atoms with Gasteiger partial charge in [0.15, 0.2) is 5.13 Å². The molecule has 2 heterocycles. The molecule has 2 aromatic heterocycles. The summed E-state index contributed by atoms with van der Waals surface area (Å²) in [6, 6.07) is 14.8. The summed E-state index contributed by atoms with van der Waals surface area (Å²) in [5, 5.41) is 4.08. The molecule has 0 spiro atoms. The van der Waals surface area contributed by atoms with E-state index in [0.717, 1.165) is 16.1 Å². The van der Waals surface area contributed by atoms with E-state index < -0.39 is 5.91 Å². The van der Waals surface area contributed by atoms with Crippen molar-refractivity contribution in [3.63, 3.8) is 0 Å². The maximum Gasteiger partial charge on any atom is 0.262 e. The summed E-state index contributed by atoms with van der Waals surface area (Å²) in [5.41, 5.74) is 2.09. The summed E-state index contributed by atoms with van der Waals surface area (Å²) in [7, 11) is 1.76.